The molecule has 0 aromatic carbocycles. The lowest BCUT2D eigenvalue weighted by Gasteiger charge is -2.60. The van der Waals surface area contributed by atoms with Gasteiger partial charge in [0.2, 0.25) is 0 Å². The van der Waals surface area contributed by atoms with Crippen molar-refractivity contribution in [2.75, 3.05) is 39.3 Å². The van der Waals surface area contributed by atoms with Crippen LogP contribution in [-0.4, -0.2) is 84.8 Å². The van der Waals surface area contributed by atoms with Crippen LogP contribution in [0.2, 0.25) is 0 Å². The maximum atomic E-state index is 14.2. The van der Waals surface area contributed by atoms with E-state index in [-0.39, 0.29) is 42.8 Å². The summed E-state index contributed by atoms with van der Waals surface area (Å²) in [5.41, 5.74) is -1.76. The van der Waals surface area contributed by atoms with Crippen LogP contribution >= 0.6 is 0 Å². The van der Waals surface area contributed by atoms with Gasteiger partial charge in [0.15, 0.2) is 0 Å². The predicted octanol–water partition coefficient (Wildman–Crippen LogP) is 7.86. The number of carboxylic acid groups (broad SMARTS) is 1. The molecule has 0 radical (unpaired) electrons. The Hall–Kier alpha value is -1.45. The smallest absolute Gasteiger partial charge is 0.391 e. The van der Waals surface area contributed by atoms with Crippen molar-refractivity contribution in [3.63, 3.8) is 0 Å². The van der Waals surface area contributed by atoms with Gasteiger partial charge in [-0.15, -0.1) is 0 Å². The first-order valence-electron chi connectivity index (χ1n) is 19.9. The summed E-state index contributed by atoms with van der Waals surface area (Å²) in [5.74, 6) is -0.103. The highest BCUT2D eigenvalue weighted by molar-refractivity contribution is 5.90. The van der Waals surface area contributed by atoms with Crippen molar-refractivity contribution in [3.8, 4) is 0 Å². The number of rotatable bonds is 11. The summed E-state index contributed by atoms with van der Waals surface area (Å²) in [4.78, 5) is 32.4. The molecular weight excluding hydrogens is 629 g/mol. The van der Waals surface area contributed by atoms with E-state index in [0.717, 1.165) is 63.7 Å². The molecule has 5 aliphatic carbocycles. The number of fused-ring (bicyclic) bond motifs is 2. The fraction of sp³-hybridized carbons (Fsp3) is 0.900. The van der Waals surface area contributed by atoms with Crippen LogP contribution in [0.5, 0.6) is 0 Å². The molecule has 10 atom stereocenters. The highest BCUT2D eigenvalue weighted by Gasteiger charge is 2.86. The number of hydrogen-bond acceptors (Lipinski definition) is 5. The lowest BCUT2D eigenvalue weighted by molar-refractivity contribution is -0.197. The molecule has 1 N–H and O–H groups in total. The topological polar surface area (TPSA) is 70.1 Å². The zero-order valence-corrected chi connectivity index (χ0v) is 30.4. The molecule has 6 fully saturated rings. The maximum Gasteiger partial charge on any atom is 0.391 e. The summed E-state index contributed by atoms with van der Waals surface area (Å²) in [6.07, 6.45) is 9.87. The van der Waals surface area contributed by atoms with Gasteiger partial charge >= 0.3 is 12.1 Å². The lowest BCUT2D eigenvalue weighted by atomic mass is 9.41. The third kappa shape index (κ3) is 5.34. The highest BCUT2D eigenvalue weighted by Crippen LogP contribution is 2.84. The molecule has 2 aliphatic heterocycles. The second kappa shape index (κ2) is 13.2. The van der Waals surface area contributed by atoms with E-state index >= 15 is 0 Å². The number of halogens is 3. The Kier molecular flexibility index (Phi) is 9.68. The monoisotopic (exact) mass is 690 g/mol. The molecule has 2 saturated heterocycles. The number of nitrogens with zero attached hydrogens (tertiary/aromatic N) is 2. The number of hydrogen-bond donors (Lipinski definition) is 1. The van der Waals surface area contributed by atoms with Gasteiger partial charge in [0.25, 0.3) is 0 Å². The molecule has 0 spiro atoms. The predicted molar refractivity (Wildman–Crippen MR) is 183 cm³/mol. The Morgan fingerprint density at radius 3 is 2.41 bits per heavy atom. The van der Waals surface area contributed by atoms with Crippen molar-refractivity contribution in [2.24, 2.45) is 63.6 Å². The second-order valence-electron chi connectivity index (χ2n) is 17.9. The van der Waals surface area contributed by atoms with Crippen LogP contribution < -0.4 is 0 Å². The van der Waals surface area contributed by atoms with Gasteiger partial charge in [0.05, 0.1) is 23.5 Å². The molecule has 4 unspecified atom stereocenters. The molecule has 0 aromatic heterocycles. The fourth-order valence-electron chi connectivity index (χ4n) is 13.6. The number of likely N-dealkylation sites (tertiary alicyclic amines) is 1. The van der Waals surface area contributed by atoms with Gasteiger partial charge in [0, 0.05) is 25.0 Å². The lowest BCUT2D eigenvalue weighted by Crippen LogP contribution is -2.65. The molecule has 7 aliphatic rings. The summed E-state index contributed by atoms with van der Waals surface area (Å²) < 4.78 is 47.3. The molecule has 9 heteroatoms. The minimum atomic E-state index is -4.10. The fourth-order valence-corrected chi connectivity index (χ4v) is 13.6. The number of allylic oxidation sites excluding steroid dienone is 1. The number of piperidine rings is 1. The van der Waals surface area contributed by atoms with Crippen LogP contribution in [0.15, 0.2) is 11.6 Å². The molecule has 2 heterocycles. The van der Waals surface area contributed by atoms with Crippen molar-refractivity contribution in [2.45, 2.75) is 123 Å². The average Bonchev–Trinajstić information content (AvgIpc) is 3.80. The summed E-state index contributed by atoms with van der Waals surface area (Å²) in [6.45, 7) is 12.8. The molecule has 4 bridgehead atoms. The van der Waals surface area contributed by atoms with Crippen LogP contribution in [0.4, 0.5) is 13.2 Å². The van der Waals surface area contributed by atoms with E-state index in [1.54, 1.807) is 0 Å². The third-order valence-electron chi connectivity index (χ3n) is 15.8. The van der Waals surface area contributed by atoms with Crippen molar-refractivity contribution in [1.29, 1.82) is 0 Å². The van der Waals surface area contributed by atoms with Crippen LogP contribution in [0.3, 0.4) is 0 Å². The minimum absolute atomic E-state index is 0.0175. The van der Waals surface area contributed by atoms with E-state index in [1.807, 2.05) is 0 Å². The number of aldehydes is 1. The first-order chi connectivity index (χ1) is 23.3. The number of likely N-dealkylation sites (N-methyl/N-ethyl adjacent to an activating group) is 1. The summed E-state index contributed by atoms with van der Waals surface area (Å²) in [5, 5.41) is 11.6. The summed E-state index contributed by atoms with van der Waals surface area (Å²) in [6, 6.07) is 0. The van der Waals surface area contributed by atoms with E-state index < -0.39 is 34.3 Å². The van der Waals surface area contributed by atoms with Crippen LogP contribution in [0, 0.1) is 63.6 Å². The normalized spacial score (nSPS) is 43.0. The molecule has 0 aromatic rings. The Bertz CT molecular complexity index is 1270. The van der Waals surface area contributed by atoms with Gasteiger partial charge in [0.1, 0.15) is 11.7 Å². The van der Waals surface area contributed by atoms with Gasteiger partial charge in [-0.3, -0.25) is 9.69 Å². The molecule has 4 saturated carbocycles. The van der Waals surface area contributed by atoms with Crippen molar-refractivity contribution < 1.29 is 32.6 Å². The van der Waals surface area contributed by atoms with Crippen molar-refractivity contribution >= 4 is 12.3 Å². The summed E-state index contributed by atoms with van der Waals surface area (Å²) >= 11 is 0. The van der Waals surface area contributed by atoms with Gasteiger partial charge in [-0.25, -0.2) is 0 Å². The van der Waals surface area contributed by atoms with E-state index in [2.05, 4.69) is 43.6 Å². The van der Waals surface area contributed by atoms with E-state index in [9.17, 15) is 27.9 Å². The molecule has 49 heavy (non-hydrogen) atoms. The molecule has 6 nitrogen and oxygen atoms in total. The van der Waals surface area contributed by atoms with Crippen molar-refractivity contribution in [3.05, 3.63) is 11.6 Å². The SMILES string of the molecule is CCN(CCN1CCC(C(F)(F)F)CC1)C[C@@H]1O[C@@H](C23C[C@@H]4[C@H](C)CC[C@H]4C4(C=O)CC2C=C(C(C)C)[C@]43C(=O)O)CC1C1CCCCC1. The first kappa shape index (κ1) is 35.9. The average molecular weight is 691 g/mol. The van der Waals surface area contributed by atoms with Gasteiger partial charge in [-0.2, -0.15) is 13.2 Å². The van der Waals surface area contributed by atoms with Gasteiger partial charge in [-0.05, 0) is 99.6 Å². The number of aliphatic carboxylic acids is 1. The van der Waals surface area contributed by atoms with E-state index in [0.29, 0.717) is 43.2 Å². The third-order valence-corrected chi connectivity index (χ3v) is 15.8. The highest BCUT2D eigenvalue weighted by atomic mass is 19.4. The summed E-state index contributed by atoms with van der Waals surface area (Å²) in [7, 11) is 0. The maximum absolute atomic E-state index is 14.2. The Morgan fingerprint density at radius 2 is 1.80 bits per heavy atom. The number of carboxylic acids is 1. The van der Waals surface area contributed by atoms with Crippen LogP contribution in [0.25, 0.3) is 0 Å². The van der Waals surface area contributed by atoms with E-state index in [1.165, 1.54) is 32.1 Å². The largest absolute Gasteiger partial charge is 0.481 e. The standard InChI is InChI=1S/C40H61F3N2O4/c1-5-44(17-18-45-15-13-28(14-16-45)40(41,42)43)23-34-30(27-9-7-6-8-10-27)20-35(49-34)38-22-31-26(4)11-12-32(31)37(24-46)21-29(38)19-33(25(2)3)39(37,38)36(47)48/h19,24-32,34-35H,5-18,20-23H2,1-4H3,(H,47,48)/t26-,29?,30?,31-,32-,34+,35-,37?,38?,39+/m1/s1. The number of ether oxygens (including phenoxy) is 1. The molecule has 7 rings (SSSR count). The Labute approximate surface area is 291 Å². The molecule has 0 amide bonds. The molecule has 276 valence electrons. The number of carbonyl (C=O) groups excluding carboxylic acids is 1. The van der Waals surface area contributed by atoms with Crippen molar-refractivity contribution in [1.82, 2.24) is 9.80 Å². The first-order valence-corrected chi connectivity index (χ1v) is 19.9. The number of carbonyl (C=O) groups is 2. The van der Waals surface area contributed by atoms with Crippen LogP contribution in [0.1, 0.15) is 105 Å². The minimum Gasteiger partial charge on any atom is -0.481 e. The van der Waals surface area contributed by atoms with Gasteiger partial charge < -0.3 is 19.5 Å². The van der Waals surface area contributed by atoms with E-state index in [4.69, 9.17) is 4.74 Å². The Balaban J connectivity index is 1.18. The Morgan fingerprint density at radius 1 is 1.08 bits per heavy atom. The van der Waals surface area contributed by atoms with Crippen LogP contribution in [-0.2, 0) is 14.3 Å². The zero-order chi connectivity index (χ0) is 34.9. The quantitative estimate of drug-likeness (QED) is 0.176. The number of alkyl halides is 3. The molecular formula is C40H61F3N2O4. The second-order valence-corrected chi connectivity index (χ2v) is 17.9. The van der Waals surface area contributed by atoms with Gasteiger partial charge in [-0.1, -0.05) is 77.9 Å². The zero-order valence-electron chi connectivity index (χ0n) is 30.4.